The summed E-state index contributed by atoms with van der Waals surface area (Å²) in [5, 5.41) is 12.7. The van der Waals surface area contributed by atoms with E-state index in [4.69, 9.17) is 5.11 Å². The van der Waals surface area contributed by atoms with Crippen molar-refractivity contribution >= 4 is 0 Å². The second-order valence-electron chi connectivity index (χ2n) is 5.38. The monoisotopic (exact) mass is 273 g/mol. The minimum Gasteiger partial charge on any atom is -0.396 e. The van der Waals surface area contributed by atoms with Gasteiger partial charge in [-0.15, -0.1) is 0 Å². The van der Waals surface area contributed by atoms with Gasteiger partial charge in [-0.05, 0) is 37.5 Å². The minimum atomic E-state index is -0.00221. The van der Waals surface area contributed by atoms with Gasteiger partial charge in [-0.2, -0.15) is 0 Å². The molecule has 20 heavy (non-hydrogen) atoms. The summed E-state index contributed by atoms with van der Waals surface area (Å²) in [5.41, 5.74) is 2.35. The molecule has 0 fully saturated rings. The highest BCUT2D eigenvalue weighted by molar-refractivity contribution is 5.34. The Morgan fingerprint density at radius 2 is 2.05 bits per heavy atom. The molecule has 0 bridgehead atoms. The highest BCUT2D eigenvalue weighted by Gasteiger charge is 2.20. The number of aliphatic hydroxyl groups is 1. The maximum absolute atomic E-state index is 9.12. The first-order valence-corrected chi connectivity index (χ1v) is 7.10. The molecule has 1 unspecified atom stereocenters. The fraction of sp³-hybridized carbons (Fsp3) is 0.438. The molecular weight excluding hydrogens is 250 g/mol. The van der Waals surface area contributed by atoms with E-state index < -0.39 is 0 Å². The van der Waals surface area contributed by atoms with Gasteiger partial charge >= 0.3 is 0 Å². The quantitative estimate of drug-likeness (QED) is 0.815. The first-order chi connectivity index (χ1) is 9.67. The molecule has 4 nitrogen and oxygen atoms in total. The van der Waals surface area contributed by atoms with E-state index >= 15 is 0 Å². The number of hydrogen-bond acceptors (Lipinski definition) is 3. The van der Waals surface area contributed by atoms with Gasteiger partial charge in [-0.25, -0.2) is 4.98 Å². The maximum atomic E-state index is 9.12. The maximum Gasteiger partial charge on any atom is 0.0991 e. The van der Waals surface area contributed by atoms with Crippen LogP contribution in [0.4, 0.5) is 0 Å². The normalized spacial score (nSPS) is 14.2. The molecule has 0 spiro atoms. The smallest absolute Gasteiger partial charge is 0.0991 e. The Labute approximate surface area is 120 Å². The number of aliphatic hydroxyl groups excluding tert-OH is 1. The zero-order valence-electron chi connectivity index (χ0n) is 12.2. The lowest BCUT2D eigenvalue weighted by molar-refractivity contribution is 0.214. The van der Waals surface area contributed by atoms with Gasteiger partial charge in [0.2, 0.25) is 0 Å². The van der Waals surface area contributed by atoms with Crippen molar-refractivity contribution in [1.82, 2.24) is 14.9 Å². The van der Waals surface area contributed by atoms with Crippen molar-refractivity contribution in [2.45, 2.75) is 38.8 Å². The third-order valence-electron chi connectivity index (χ3n) is 3.90. The third kappa shape index (κ3) is 3.68. The molecule has 2 aromatic rings. The molecule has 0 saturated carbocycles. The van der Waals surface area contributed by atoms with Gasteiger partial charge < -0.3 is 15.0 Å². The molecule has 0 aliphatic carbocycles. The molecule has 1 heterocycles. The number of rotatable bonds is 7. The summed E-state index contributed by atoms with van der Waals surface area (Å²) in [7, 11) is 0. The van der Waals surface area contributed by atoms with Gasteiger partial charge in [0, 0.05) is 36.8 Å². The Morgan fingerprint density at radius 3 is 2.60 bits per heavy atom. The second-order valence-corrected chi connectivity index (χ2v) is 5.38. The second kappa shape index (κ2) is 6.68. The zero-order chi connectivity index (χ0) is 14.4. The van der Waals surface area contributed by atoms with Crippen molar-refractivity contribution in [1.29, 1.82) is 0 Å². The molecule has 0 amide bonds. The van der Waals surface area contributed by atoms with E-state index in [9.17, 15) is 0 Å². The average molecular weight is 273 g/mol. The third-order valence-corrected chi connectivity index (χ3v) is 3.90. The highest BCUT2D eigenvalue weighted by Crippen LogP contribution is 2.16. The van der Waals surface area contributed by atoms with Gasteiger partial charge in [0.05, 0.1) is 6.33 Å². The Bertz CT molecular complexity index is 507. The predicted molar refractivity (Wildman–Crippen MR) is 80.8 cm³/mol. The summed E-state index contributed by atoms with van der Waals surface area (Å²) >= 11 is 0. The number of nitrogens with one attached hydrogen (secondary N) is 1. The Morgan fingerprint density at radius 1 is 1.30 bits per heavy atom. The molecule has 1 aromatic heterocycles. The van der Waals surface area contributed by atoms with E-state index in [1.807, 2.05) is 10.8 Å². The molecule has 2 rings (SSSR count). The van der Waals surface area contributed by atoms with Crippen molar-refractivity contribution in [3.8, 4) is 5.69 Å². The summed E-state index contributed by atoms with van der Waals surface area (Å²) < 4.78 is 1.99. The van der Waals surface area contributed by atoms with Crippen LogP contribution < -0.4 is 5.32 Å². The van der Waals surface area contributed by atoms with Crippen LogP contribution in [-0.2, 0) is 6.54 Å². The zero-order valence-corrected chi connectivity index (χ0v) is 12.2. The van der Waals surface area contributed by atoms with Crippen molar-refractivity contribution < 1.29 is 5.11 Å². The van der Waals surface area contributed by atoms with Crippen molar-refractivity contribution in [2.24, 2.45) is 0 Å². The summed E-state index contributed by atoms with van der Waals surface area (Å²) in [6.07, 6.45) is 7.28. The first kappa shape index (κ1) is 14.8. The van der Waals surface area contributed by atoms with Crippen molar-refractivity contribution in [3.05, 3.63) is 48.5 Å². The lowest BCUT2D eigenvalue weighted by Gasteiger charge is -2.29. The number of hydrogen-bond donors (Lipinski definition) is 2. The first-order valence-electron chi connectivity index (χ1n) is 7.10. The van der Waals surface area contributed by atoms with Gasteiger partial charge in [0.15, 0.2) is 0 Å². The van der Waals surface area contributed by atoms with Crippen LogP contribution in [0, 0.1) is 0 Å². The van der Waals surface area contributed by atoms with Crippen LogP contribution in [-0.4, -0.2) is 26.8 Å². The largest absolute Gasteiger partial charge is 0.396 e. The fourth-order valence-corrected chi connectivity index (χ4v) is 2.15. The van der Waals surface area contributed by atoms with E-state index in [0.717, 1.165) is 25.1 Å². The lowest BCUT2D eigenvalue weighted by atomic mass is 9.94. The van der Waals surface area contributed by atoms with Gasteiger partial charge in [0.1, 0.15) is 0 Å². The van der Waals surface area contributed by atoms with Crippen LogP contribution in [0.3, 0.4) is 0 Å². The van der Waals surface area contributed by atoms with Gasteiger partial charge in [0.25, 0.3) is 0 Å². The Kier molecular flexibility index (Phi) is 4.93. The number of aromatic nitrogens is 2. The predicted octanol–water partition coefficient (Wildman–Crippen LogP) is 2.51. The number of nitrogens with zero attached hydrogens (tertiary/aromatic N) is 2. The Balaban J connectivity index is 1.97. The van der Waals surface area contributed by atoms with Crippen molar-refractivity contribution in [3.63, 3.8) is 0 Å². The molecule has 108 valence electrons. The molecule has 2 N–H and O–H groups in total. The molecule has 4 heteroatoms. The van der Waals surface area contributed by atoms with Gasteiger partial charge in [-0.1, -0.05) is 19.1 Å². The minimum absolute atomic E-state index is 0.00221. The van der Waals surface area contributed by atoms with Crippen LogP contribution in [0.25, 0.3) is 5.69 Å². The van der Waals surface area contributed by atoms with Crippen molar-refractivity contribution in [2.75, 3.05) is 6.61 Å². The SMILES string of the molecule is CCC(C)(CCO)NCc1ccc(-n2ccnc2)cc1. The van der Waals surface area contributed by atoms with Crippen LogP contribution in [0.15, 0.2) is 43.0 Å². The van der Waals surface area contributed by atoms with Crippen LogP contribution in [0.5, 0.6) is 0 Å². The standard InChI is InChI=1S/C16H23N3O/c1-3-16(2,8-11-20)18-12-14-4-6-15(7-5-14)19-10-9-17-13-19/h4-7,9-10,13,18,20H,3,8,11-12H2,1-2H3. The van der Waals surface area contributed by atoms with Crippen LogP contribution >= 0.6 is 0 Å². The fourth-order valence-electron chi connectivity index (χ4n) is 2.15. The van der Waals surface area contributed by atoms with E-state index in [-0.39, 0.29) is 12.1 Å². The van der Waals surface area contributed by atoms with E-state index in [2.05, 4.69) is 48.4 Å². The van der Waals surface area contributed by atoms with E-state index in [1.54, 1.807) is 12.5 Å². The topological polar surface area (TPSA) is 50.1 Å². The average Bonchev–Trinajstić information content (AvgIpc) is 3.00. The summed E-state index contributed by atoms with van der Waals surface area (Å²) in [6, 6.07) is 8.43. The molecule has 0 aliphatic rings. The van der Waals surface area contributed by atoms with E-state index in [1.165, 1.54) is 5.56 Å². The molecular formula is C16H23N3O. The van der Waals surface area contributed by atoms with Crippen LogP contribution in [0.2, 0.25) is 0 Å². The van der Waals surface area contributed by atoms with Gasteiger partial charge in [-0.3, -0.25) is 0 Å². The summed E-state index contributed by atoms with van der Waals surface area (Å²) in [5.74, 6) is 0. The number of imidazole rings is 1. The molecule has 0 aliphatic heterocycles. The molecule has 0 radical (unpaired) electrons. The van der Waals surface area contributed by atoms with E-state index in [0.29, 0.717) is 0 Å². The number of benzene rings is 1. The molecule has 0 saturated heterocycles. The summed E-state index contributed by atoms with van der Waals surface area (Å²) in [6.45, 7) is 5.33. The molecule has 1 aromatic carbocycles. The summed E-state index contributed by atoms with van der Waals surface area (Å²) in [4.78, 5) is 4.05. The molecule has 1 atom stereocenters. The lowest BCUT2D eigenvalue weighted by Crippen LogP contribution is -2.42. The Hall–Kier alpha value is -1.65. The van der Waals surface area contributed by atoms with Crippen LogP contribution in [0.1, 0.15) is 32.3 Å². The highest BCUT2D eigenvalue weighted by atomic mass is 16.3.